The molecule has 0 saturated carbocycles. The second-order valence-electron chi connectivity index (χ2n) is 11.2. The molecule has 0 bridgehead atoms. The maximum atomic E-state index is 13.5. The van der Waals surface area contributed by atoms with Crippen molar-refractivity contribution in [2.75, 3.05) is 29.9 Å². The molecule has 43 heavy (non-hydrogen) atoms. The lowest BCUT2D eigenvalue weighted by Crippen LogP contribution is -2.46. The molecule has 0 spiro atoms. The fourth-order valence-electron chi connectivity index (χ4n) is 5.07. The molecular formula is C32H41FN6O4. The summed E-state index contributed by atoms with van der Waals surface area (Å²) < 4.78 is 27.5. The van der Waals surface area contributed by atoms with Crippen molar-refractivity contribution >= 4 is 29.1 Å². The monoisotopic (exact) mass is 592 g/mol. The van der Waals surface area contributed by atoms with Crippen molar-refractivity contribution in [3.8, 4) is 0 Å². The topological polar surface area (TPSA) is 94.7 Å². The van der Waals surface area contributed by atoms with Gasteiger partial charge >= 0.3 is 6.16 Å². The Bertz CT molecular complexity index is 1570. The van der Waals surface area contributed by atoms with Gasteiger partial charge in [-0.2, -0.15) is 0 Å². The first-order valence-corrected chi connectivity index (χ1v) is 14.7. The third-order valence-corrected chi connectivity index (χ3v) is 7.11. The summed E-state index contributed by atoms with van der Waals surface area (Å²) in [5, 5.41) is 0. The van der Waals surface area contributed by atoms with E-state index in [9.17, 15) is 14.0 Å². The Balaban J connectivity index is 0.00000207. The van der Waals surface area contributed by atoms with Gasteiger partial charge in [0.25, 0.3) is 5.56 Å². The van der Waals surface area contributed by atoms with Crippen LogP contribution in [0.5, 0.6) is 0 Å². The predicted octanol–water partition coefficient (Wildman–Crippen LogP) is 5.82. The number of benzene rings is 2. The van der Waals surface area contributed by atoms with Gasteiger partial charge in [0.1, 0.15) is 11.4 Å². The van der Waals surface area contributed by atoms with Crippen molar-refractivity contribution in [1.29, 1.82) is 0 Å². The molecule has 3 heterocycles. The van der Waals surface area contributed by atoms with Gasteiger partial charge in [0.05, 0.1) is 17.6 Å². The second-order valence-corrected chi connectivity index (χ2v) is 11.2. The number of para-hydroxylation sites is 2. The molecule has 10 nitrogen and oxygen atoms in total. The van der Waals surface area contributed by atoms with Gasteiger partial charge in [-0.3, -0.25) is 4.79 Å². The minimum absolute atomic E-state index is 0.100. The van der Waals surface area contributed by atoms with Crippen LogP contribution in [0.25, 0.3) is 11.0 Å². The zero-order valence-corrected chi connectivity index (χ0v) is 25.8. The van der Waals surface area contributed by atoms with E-state index in [0.717, 1.165) is 48.5 Å². The predicted molar refractivity (Wildman–Crippen MR) is 166 cm³/mol. The molecule has 1 aliphatic heterocycles. The third kappa shape index (κ3) is 7.71. The standard InChI is InChI=1S/C30H35FN6O4.C2H6/c1-30(2,3)41-29(39)40-20-37-26(38)13-16-32-27(37)34(4)23-14-17-35(18-15-23)28-33-24-7-5-6-8-25(24)36(28)19-21-9-11-22(31)12-10-21;1-2/h5-13,16,23H,14-15,17-20H2,1-4H3;1-2H3. The van der Waals surface area contributed by atoms with E-state index < -0.39 is 11.8 Å². The molecule has 230 valence electrons. The Hall–Kier alpha value is -4.41. The fraction of sp³-hybridized carbons (Fsp3) is 0.438. The van der Waals surface area contributed by atoms with Crippen LogP contribution in [0.15, 0.2) is 65.6 Å². The number of hydrogen-bond donors (Lipinski definition) is 0. The number of aromatic nitrogens is 4. The quantitative estimate of drug-likeness (QED) is 0.248. The Morgan fingerprint density at radius 2 is 1.70 bits per heavy atom. The van der Waals surface area contributed by atoms with E-state index in [1.54, 1.807) is 32.9 Å². The average Bonchev–Trinajstić information content (AvgIpc) is 3.35. The van der Waals surface area contributed by atoms with Crippen molar-refractivity contribution in [2.45, 2.75) is 72.4 Å². The molecule has 2 aromatic heterocycles. The molecular weight excluding hydrogens is 551 g/mol. The second kappa shape index (κ2) is 13.7. The highest BCUT2D eigenvalue weighted by Gasteiger charge is 2.28. The molecule has 0 radical (unpaired) electrons. The van der Waals surface area contributed by atoms with Gasteiger partial charge in [-0.25, -0.2) is 23.7 Å². The van der Waals surface area contributed by atoms with E-state index >= 15 is 0 Å². The van der Waals surface area contributed by atoms with Crippen LogP contribution in [0, 0.1) is 5.82 Å². The van der Waals surface area contributed by atoms with E-state index in [1.807, 2.05) is 44.0 Å². The molecule has 0 aliphatic carbocycles. The number of anilines is 2. The zero-order valence-electron chi connectivity index (χ0n) is 25.8. The molecule has 1 aliphatic rings. The van der Waals surface area contributed by atoms with Gasteiger partial charge in [0.2, 0.25) is 11.9 Å². The largest absolute Gasteiger partial charge is 0.510 e. The number of imidazole rings is 1. The zero-order chi connectivity index (χ0) is 31.1. The number of fused-ring (bicyclic) bond motifs is 1. The number of carbonyl (C=O) groups excluding carboxylic acids is 1. The summed E-state index contributed by atoms with van der Waals surface area (Å²) in [5.74, 6) is 1.03. The number of rotatable bonds is 7. The van der Waals surface area contributed by atoms with Gasteiger partial charge in [0, 0.05) is 38.4 Å². The molecule has 1 saturated heterocycles. The lowest BCUT2D eigenvalue weighted by molar-refractivity contribution is -0.0208. The number of ether oxygens (including phenoxy) is 2. The minimum atomic E-state index is -0.848. The highest BCUT2D eigenvalue weighted by Crippen LogP contribution is 2.28. The van der Waals surface area contributed by atoms with Gasteiger partial charge < -0.3 is 23.8 Å². The van der Waals surface area contributed by atoms with Crippen molar-refractivity contribution in [3.05, 3.63) is 82.5 Å². The number of hydrogen-bond acceptors (Lipinski definition) is 8. The maximum Gasteiger partial charge on any atom is 0.510 e. The van der Waals surface area contributed by atoms with Crippen molar-refractivity contribution in [1.82, 2.24) is 19.1 Å². The third-order valence-electron chi connectivity index (χ3n) is 7.11. The Morgan fingerprint density at radius 1 is 1.02 bits per heavy atom. The summed E-state index contributed by atoms with van der Waals surface area (Å²) in [6, 6.07) is 16.0. The van der Waals surface area contributed by atoms with Crippen LogP contribution in [-0.2, 0) is 22.7 Å². The van der Waals surface area contributed by atoms with Crippen LogP contribution in [0.2, 0.25) is 0 Å². The first kappa shape index (κ1) is 31.5. The molecule has 1 fully saturated rings. The molecule has 2 aromatic carbocycles. The highest BCUT2D eigenvalue weighted by atomic mass is 19.1. The minimum Gasteiger partial charge on any atom is -0.429 e. The van der Waals surface area contributed by atoms with Crippen molar-refractivity contribution in [3.63, 3.8) is 0 Å². The smallest absolute Gasteiger partial charge is 0.429 e. The SMILES string of the molecule is CC.CN(c1nccc(=O)n1COC(=O)OC(C)(C)C)C1CCN(c2nc3ccccc3n2Cc2ccc(F)cc2)CC1. The highest BCUT2D eigenvalue weighted by molar-refractivity contribution is 5.79. The lowest BCUT2D eigenvalue weighted by atomic mass is 10.0. The Morgan fingerprint density at radius 3 is 2.37 bits per heavy atom. The van der Waals surface area contributed by atoms with E-state index in [0.29, 0.717) is 12.5 Å². The normalized spacial score (nSPS) is 13.8. The Kier molecular flexibility index (Phi) is 10.1. The lowest BCUT2D eigenvalue weighted by Gasteiger charge is -2.38. The number of halogens is 1. The molecule has 4 aromatic rings. The van der Waals surface area contributed by atoms with E-state index in [-0.39, 0.29) is 24.1 Å². The summed E-state index contributed by atoms with van der Waals surface area (Å²) in [5.41, 5.74) is 1.90. The van der Waals surface area contributed by atoms with Crippen LogP contribution in [-0.4, -0.2) is 57.0 Å². The first-order chi connectivity index (χ1) is 20.6. The summed E-state index contributed by atoms with van der Waals surface area (Å²) in [7, 11) is 1.90. The Labute approximate surface area is 251 Å². The first-order valence-electron chi connectivity index (χ1n) is 14.7. The number of piperidine rings is 1. The van der Waals surface area contributed by atoms with E-state index in [4.69, 9.17) is 14.5 Å². The summed E-state index contributed by atoms with van der Waals surface area (Å²) in [6.45, 7) is 11.0. The van der Waals surface area contributed by atoms with Crippen LogP contribution >= 0.6 is 0 Å². The van der Waals surface area contributed by atoms with Crippen LogP contribution in [0.4, 0.5) is 21.1 Å². The summed E-state index contributed by atoms with van der Waals surface area (Å²) >= 11 is 0. The molecule has 0 atom stereocenters. The van der Waals surface area contributed by atoms with Crippen molar-refractivity contribution in [2.24, 2.45) is 0 Å². The van der Waals surface area contributed by atoms with E-state index in [2.05, 4.69) is 20.5 Å². The van der Waals surface area contributed by atoms with Gasteiger partial charge in [-0.05, 0) is 63.4 Å². The van der Waals surface area contributed by atoms with Crippen LogP contribution in [0.1, 0.15) is 53.0 Å². The number of carbonyl (C=O) groups is 1. The molecule has 5 rings (SSSR count). The fourth-order valence-corrected chi connectivity index (χ4v) is 5.07. The van der Waals surface area contributed by atoms with Crippen molar-refractivity contribution < 1.29 is 18.7 Å². The van der Waals surface area contributed by atoms with Crippen LogP contribution in [0.3, 0.4) is 0 Å². The van der Waals surface area contributed by atoms with Gasteiger partial charge in [0.15, 0.2) is 6.73 Å². The summed E-state index contributed by atoms with van der Waals surface area (Å²) in [6.07, 6.45) is 2.21. The number of nitrogens with zero attached hydrogens (tertiary/aromatic N) is 6. The van der Waals surface area contributed by atoms with E-state index in [1.165, 1.54) is 29.0 Å². The molecule has 0 unspecified atom stereocenters. The average molecular weight is 593 g/mol. The molecule has 0 amide bonds. The van der Waals surface area contributed by atoms with Gasteiger partial charge in [-0.1, -0.05) is 38.1 Å². The van der Waals surface area contributed by atoms with Gasteiger partial charge in [-0.15, -0.1) is 0 Å². The molecule has 0 N–H and O–H groups in total. The summed E-state index contributed by atoms with van der Waals surface area (Å²) in [4.78, 5) is 38.4. The molecule has 11 heteroatoms. The maximum absolute atomic E-state index is 13.5. The van der Waals surface area contributed by atoms with Crippen LogP contribution < -0.4 is 15.4 Å².